The predicted octanol–water partition coefficient (Wildman–Crippen LogP) is 2.96. The summed E-state index contributed by atoms with van der Waals surface area (Å²) in [6.45, 7) is -0.448. The molecule has 4 rings (SSSR count). The lowest BCUT2D eigenvalue weighted by molar-refractivity contribution is -0.384. The molecule has 0 saturated heterocycles. The van der Waals surface area contributed by atoms with Crippen molar-refractivity contribution in [2.45, 2.75) is 6.54 Å². The van der Waals surface area contributed by atoms with Crippen LogP contribution in [-0.2, 0) is 16.1 Å². The van der Waals surface area contributed by atoms with Gasteiger partial charge in [0.25, 0.3) is 11.6 Å². The fourth-order valence-corrected chi connectivity index (χ4v) is 3.08. The number of hydrogen-bond acceptors (Lipinski definition) is 7. The standard InChI is InChI=1S/C22H17FN4O6/c23-15-2-5-17(6-3-15)33-21-8-1-14(11-25-21)10-24-20(28)12-26-18-9-16(27(30)31)4-7-19(18)32-13-22(26)29/h1-9,11H,10,12-13H2,(H,24,28). The molecule has 0 spiro atoms. The largest absolute Gasteiger partial charge is 0.482 e. The van der Waals surface area contributed by atoms with Crippen LogP contribution >= 0.6 is 0 Å². The molecule has 0 saturated carbocycles. The van der Waals surface area contributed by atoms with Gasteiger partial charge in [-0.25, -0.2) is 9.37 Å². The summed E-state index contributed by atoms with van der Waals surface area (Å²) >= 11 is 0. The van der Waals surface area contributed by atoms with Gasteiger partial charge in [-0.3, -0.25) is 24.6 Å². The minimum Gasteiger partial charge on any atom is -0.482 e. The molecule has 2 heterocycles. The summed E-state index contributed by atoms with van der Waals surface area (Å²) in [7, 11) is 0. The van der Waals surface area contributed by atoms with Crippen molar-refractivity contribution in [1.82, 2.24) is 10.3 Å². The normalized spacial score (nSPS) is 12.5. The van der Waals surface area contributed by atoms with Crippen LogP contribution in [0.5, 0.6) is 17.4 Å². The molecule has 1 aliphatic rings. The van der Waals surface area contributed by atoms with E-state index < -0.39 is 16.7 Å². The molecule has 0 fully saturated rings. The second-order valence-electron chi connectivity index (χ2n) is 7.02. The highest BCUT2D eigenvalue weighted by Crippen LogP contribution is 2.35. The van der Waals surface area contributed by atoms with Gasteiger partial charge in [0.2, 0.25) is 11.8 Å². The average Bonchev–Trinajstić information content (AvgIpc) is 2.81. The van der Waals surface area contributed by atoms with Gasteiger partial charge in [0.15, 0.2) is 6.61 Å². The number of rotatable bonds is 7. The Bertz CT molecular complexity index is 1200. The van der Waals surface area contributed by atoms with E-state index >= 15 is 0 Å². The Kier molecular flexibility index (Phi) is 6.11. The lowest BCUT2D eigenvalue weighted by Crippen LogP contribution is -2.45. The average molecular weight is 452 g/mol. The number of hydrogen-bond donors (Lipinski definition) is 1. The fourth-order valence-electron chi connectivity index (χ4n) is 3.08. The van der Waals surface area contributed by atoms with Gasteiger partial charge in [-0.2, -0.15) is 0 Å². The van der Waals surface area contributed by atoms with Crippen molar-refractivity contribution in [1.29, 1.82) is 0 Å². The maximum atomic E-state index is 13.0. The molecule has 10 nitrogen and oxygen atoms in total. The number of nitro groups is 1. The topological polar surface area (TPSA) is 124 Å². The highest BCUT2D eigenvalue weighted by Gasteiger charge is 2.29. The molecule has 0 atom stereocenters. The van der Waals surface area contributed by atoms with Crippen LogP contribution in [0.15, 0.2) is 60.8 Å². The van der Waals surface area contributed by atoms with Gasteiger partial charge >= 0.3 is 0 Å². The second-order valence-corrected chi connectivity index (χ2v) is 7.02. The molecule has 0 aliphatic carbocycles. The monoisotopic (exact) mass is 452 g/mol. The van der Waals surface area contributed by atoms with E-state index in [0.29, 0.717) is 17.2 Å². The molecule has 3 aromatic rings. The van der Waals surface area contributed by atoms with Gasteiger partial charge in [-0.05, 0) is 35.9 Å². The van der Waals surface area contributed by atoms with E-state index in [-0.39, 0.29) is 42.6 Å². The van der Waals surface area contributed by atoms with E-state index in [0.717, 1.165) is 4.90 Å². The first-order valence-electron chi connectivity index (χ1n) is 9.76. The van der Waals surface area contributed by atoms with Gasteiger partial charge in [-0.15, -0.1) is 0 Å². The summed E-state index contributed by atoms with van der Waals surface area (Å²) in [4.78, 5) is 40.5. The molecule has 0 radical (unpaired) electrons. The lowest BCUT2D eigenvalue weighted by Gasteiger charge is -2.28. The number of carbonyl (C=O) groups excluding carboxylic acids is 2. The van der Waals surface area contributed by atoms with E-state index in [1.807, 2.05) is 0 Å². The Morgan fingerprint density at radius 2 is 2.00 bits per heavy atom. The van der Waals surface area contributed by atoms with E-state index in [1.165, 1.54) is 48.7 Å². The van der Waals surface area contributed by atoms with Gasteiger partial charge in [0.1, 0.15) is 23.9 Å². The highest BCUT2D eigenvalue weighted by molar-refractivity contribution is 6.02. The number of pyridine rings is 1. The van der Waals surface area contributed by atoms with E-state index in [2.05, 4.69) is 10.3 Å². The van der Waals surface area contributed by atoms with Crippen molar-refractivity contribution >= 4 is 23.2 Å². The van der Waals surface area contributed by atoms with Crippen molar-refractivity contribution in [3.63, 3.8) is 0 Å². The summed E-state index contributed by atoms with van der Waals surface area (Å²) in [5.74, 6) is -0.304. The first-order chi connectivity index (χ1) is 15.9. The smallest absolute Gasteiger partial charge is 0.271 e. The Labute approximate surface area is 186 Å². The van der Waals surface area contributed by atoms with Crippen molar-refractivity contribution in [2.24, 2.45) is 0 Å². The fraction of sp³-hybridized carbons (Fsp3) is 0.136. The Morgan fingerprint density at radius 3 is 2.70 bits per heavy atom. The lowest BCUT2D eigenvalue weighted by atomic mass is 10.2. The van der Waals surface area contributed by atoms with Gasteiger partial charge in [0, 0.05) is 30.9 Å². The number of carbonyl (C=O) groups is 2. The van der Waals surface area contributed by atoms with Crippen LogP contribution in [0.25, 0.3) is 0 Å². The molecule has 1 N–H and O–H groups in total. The maximum Gasteiger partial charge on any atom is 0.271 e. The van der Waals surface area contributed by atoms with Crippen LogP contribution in [0, 0.1) is 15.9 Å². The Morgan fingerprint density at radius 1 is 1.21 bits per heavy atom. The summed E-state index contributed by atoms with van der Waals surface area (Å²) in [6, 6.07) is 12.7. The zero-order chi connectivity index (χ0) is 23.4. The first-order valence-corrected chi connectivity index (χ1v) is 9.76. The quantitative estimate of drug-likeness (QED) is 0.432. The third kappa shape index (κ3) is 5.21. The number of fused-ring (bicyclic) bond motifs is 1. The number of anilines is 1. The number of amides is 2. The van der Waals surface area contributed by atoms with Crippen molar-refractivity contribution < 1.29 is 28.4 Å². The third-order valence-electron chi connectivity index (χ3n) is 4.72. The summed E-state index contributed by atoms with van der Waals surface area (Å²) in [6.07, 6.45) is 1.51. The van der Waals surface area contributed by atoms with Gasteiger partial charge < -0.3 is 14.8 Å². The van der Waals surface area contributed by atoms with Crippen molar-refractivity contribution in [3.8, 4) is 17.4 Å². The molecule has 33 heavy (non-hydrogen) atoms. The number of halogens is 1. The van der Waals surface area contributed by atoms with Gasteiger partial charge in [-0.1, -0.05) is 6.07 Å². The third-order valence-corrected chi connectivity index (χ3v) is 4.72. The number of non-ortho nitro benzene ring substituents is 1. The van der Waals surface area contributed by atoms with Crippen molar-refractivity contribution in [2.75, 3.05) is 18.1 Å². The van der Waals surface area contributed by atoms with Crippen molar-refractivity contribution in [3.05, 3.63) is 82.3 Å². The molecule has 0 unspecified atom stereocenters. The maximum absolute atomic E-state index is 13.0. The number of benzene rings is 2. The van der Waals surface area contributed by atoms with E-state index in [9.17, 15) is 24.1 Å². The van der Waals surface area contributed by atoms with Crippen LogP contribution < -0.4 is 19.7 Å². The number of ether oxygens (including phenoxy) is 2. The van der Waals surface area contributed by atoms with Crippen LogP contribution in [-0.4, -0.2) is 34.9 Å². The molecule has 11 heteroatoms. The van der Waals surface area contributed by atoms with Gasteiger partial charge in [0.05, 0.1) is 10.6 Å². The number of nitrogens with zero attached hydrogens (tertiary/aromatic N) is 3. The zero-order valence-electron chi connectivity index (χ0n) is 17.1. The zero-order valence-corrected chi connectivity index (χ0v) is 17.1. The van der Waals surface area contributed by atoms with Crippen LogP contribution in [0.1, 0.15) is 5.56 Å². The minimum atomic E-state index is -0.589. The minimum absolute atomic E-state index is 0.142. The molecule has 1 aliphatic heterocycles. The van der Waals surface area contributed by atoms with E-state index in [4.69, 9.17) is 9.47 Å². The first kappa shape index (κ1) is 21.7. The molecule has 2 aromatic carbocycles. The summed E-state index contributed by atoms with van der Waals surface area (Å²) in [5, 5.41) is 13.7. The Hall–Kier alpha value is -4.54. The molecule has 1 aromatic heterocycles. The summed E-state index contributed by atoms with van der Waals surface area (Å²) in [5.41, 5.74) is 0.630. The highest BCUT2D eigenvalue weighted by atomic mass is 19.1. The molecule has 2 amide bonds. The van der Waals surface area contributed by atoms with Crippen LogP contribution in [0.4, 0.5) is 15.8 Å². The molecule has 168 valence electrons. The van der Waals surface area contributed by atoms with E-state index in [1.54, 1.807) is 12.1 Å². The number of nitro benzene ring substituents is 1. The number of nitrogens with one attached hydrogen (secondary N) is 1. The van der Waals surface area contributed by atoms with Crippen LogP contribution in [0.3, 0.4) is 0 Å². The Balaban J connectivity index is 1.36. The molecular formula is C22H17FN4O6. The second kappa shape index (κ2) is 9.30. The molecule has 0 bridgehead atoms. The molecular weight excluding hydrogens is 435 g/mol. The number of aromatic nitrogens is 1. The SMILES string of the molecule is O=C(CN1C(=O)COc2ccc([N+](=O)[O-])cc21)NCc1ccc(Oc2ccc(F)cc2)nc1. The van der Waals surface area contributed by atoms with Crippen LogP contribution in [0.2, 0.25) is 0 Å². The predicted molar refractivity (Wildman–Crippen MR) is 114 cm³/mol. The summed E-state index contributed by atoms with van der Waals surface area (Å²) < 4.78 is 23.8.